The molecule has 2 aromatic rings. The van der Waals surface area contributed by atoms with Gasteiger partial charge in [-0.05, 0) is 36.6 Å². The maximum Gasteiger partial charge on any atom is 0.233 e. The first kappa shape index (κ1) is 11.8. The number of aryl methyl sites for hydroxylation is 1. The lowest BCUT2D eigenvalue weighted by Crippen LogP contribution is -2.01. The average molecular weight is 250 g/mol. The van der Waals surface area contributed by atoms with Gasteiger partial charge in [0, 0.05) is 18.5 Å². The fraction of sp³-hybridized carbons (Fsp3) is 0.250. The first-order valence-corrected chi connectivity index (χ1v) is 5.73. The summed E-state index contributed by atoms with van der Waals surface area (Å²) in [4.78, 5) is 3.97. The van der Waals surface area contributed by atoms with Crippen molar-refractivity contribution in [1.82, 2.24) is 15.2 Å². The first-order chi connectivity index (χ1) is 8.34. The van der Waals surface area contributed by atoms with Gasteiger partial charge in [0.05, 0.1) is 6.61 Å². The predicted octanol–water partition coefficient (Wildman–Crippen LogP) is 2.54. The third-order valence-electron chi connectivity index (χ3n) is 2.22. The predicted molar refractivity (Wildman–Crippen MR) is 65.1 cm³/mol. The number of halogens is 1. The van der Waals surface area contributed by atoms with Crippen LogP contribution in [0.1, 0.15) is 12.0 Å². The van der Waals surface area contributed by atoms with Gasteiger partial charge in [0.15, 0.2) is 5.15 Å². The van der Waals surface area contributed by atoms with Gasteiger partial charge in [-0.1, -0.05) is 11.6 Å². The molecular formula is C12H12ClN3O. The van der Waals surface area contributed by atoms with Crippen LogP contribution in [0.3, 0.4) is 0 Å². The first-order valence-electron chi connectivity index (χ1n) is 5.35. The fourth-order valence-corrected chi connectivity index (χ4v) is 1.48. The summed E-state index contributed by atoms with van der Waals surface area (Å²) in [6.45, 7) is 0.610. The van der Waals surface area contributed by atoms with Crippen LogP contribution in [0.4, 0.5) is 0 Å². The van der Waals surface area contributed by atoms with Crippen LogP contribution in [0.15, 0.2) is 36.7 Å². The zero-order valence-corrected chi connectivity index (χ0v) is 9.97. The second-order valence-corrected chi connectivity index (χ2v) is 3.89. The summed E-state index contributed by atoms with van der Waals surface area (Å²) in [5.41, 5.74) is 1.26. The molecule has 88 valence electrons. The van der Waals surface area contributed by atoms with Gasteiger partial charge in [0.1, 0.15) is 0 Å². The van der Waals surface area contributed by atoms with E-state index in [1.54, 1.807) is 24.5 Å². The Bertz CT molecular complexity index is 447. The van der Waals surface area contributed by atoms with Gasteiger partial charge in [0.2, 0.25) is 5.88 Å². The Morgan fingerprint density at radius 2 is 1.88 bits per heavy atom. The molecule has 0 saturated heterocycles. The molecule has 4 nitrogen and oxygen atoms in total. The lowest BCUT2D eigenvalue weighted by Gasteiger charge is -2.04. The Kier molecular flexibility index (Phi) is 4.27. The lowest BCUT2D eigenvalue weighted by molar-refractivity contribution is 0.296. The van der Waals surface area contributed by atoms with Gasteiger partial charge in [-0.15, -0.1) is 10.2 Å². The lowest BCUT2D eigenvalue weighted by atomic mass is 10.1. The Labute approximate surface area is 105 Å². The minimum Gasteiger partial charge on any atom is -0.477 e. The highest BCUT2D eigenvalue weighted by molar-refractivity contribution is 6.29. The molecule has 0 bridgehead atoms. The summed E-state index contributed by atoms with van der Waals surface area (Å²) < 4.78 is 5.43. The Balaban J connectivity index is 1.71. The van der Waals surface area contributed by atoms with E-state index >= 15 is 0 Å². The van der Waals surface area contributed by atoms with Crippen LogP contribution in [-0.2, 0) is 6.42 Å². The van der Waals surface area contributed by atoms with Crippen molar-refractivity contribution in [3.8, 4) is 5.88 Å². The third kappa shape index (κ3) is 4.00. The highest BCUT2D eigenvalue weighted by Crippen LogP contribution is 2.09. The molecule has 5 heteroatoms. The number of aromatic nitrogens is 3. The molecule has 0 atom stereocenters. The summed E-state index contributed by atoms with van der Waals surface area (Å²) in [6, 6.07) is 7.37. The van der Waals surface area contributed by atoms with Crippen molar-refractivity contribution >= 4 is 11.6 Å². The molecule has 0 saturated carbocycles. The van der Waals surface area contributed by atoms with Gasteiger partial charge in [-0.3, -0.25) is 4.98 Å². The second-order valence-electron chi connectivity index (χ2n) is 3.50. The molecule has 0 radical (unpaired) electrons. The molecule has 17 heavy (non-hydrogen) atoms. The highest BCUT2D eigenvalue weighted by Gasteiger charge is 1.97. The van der Waals surface area contributed by atoms with E-state index in [1.165, 1.54) is 5.56 Å². The quantitative estimate of drug-likeness (QED) is 0.764. The van der Waals surface area contributed by atoms with E-state index in [4.69, 9.17) is 16.3 Å². The maximum absolute atomic E-state index is 5.62. The van der Waals surface area contributed by atoms with Gasteiger partial charge >= 0.3 is 0 Å². The van der Waals surface area contributed by atoms with E-state index in [2.05, 4.69) is 15.2 Å². The normalized spacial score (nSPS) is 10.2. The standard InChI is InChI=1S/C12H12ClN3O/c13-11-3-4-12(16-15-11)17-9-1-2-10-5-7-14-8-6-10/h3-8H,1-2,9H2. The van der Waals surface area contributed by atoms with Crippen LogP contribution in [0.2, 0.25) is 5.15 Å². The van der Waals surface area contributed by atoms with Crippen molar-refractivity contribution in [3.05, 3.63) is 47.4 Å². The van der Waals surface area contributed by atoms with Crippen LogP contribution in [0.25, 0.3) is 0 Å². The molecule has 0 aromatic carbocycles. The molecule has 0 fully saturated rings. The van der Waals surface area contributed by atoms with Crippen molar-refractivity contribution < 1.29 is 4.74 Å². The average Bonchev–Trinajstić information content (AvgIpc) is 2.38. The monoisotopic (exact) mass is 249 g/mol. The summed E-state index contributed by atoms with van der Waals surface area (Å²) >= 11 is 5.62. The number of pyridine rings is 1. The number of rotatable bonds is 5. The molecule has 2 heterocycles. The maximum atomic E-state index is 5.62. The summed E-state index contributed by atoms with van der Waals surface area (Å²) in [6.07, 6.45) is 5.47. The fourth-order valence-electron chi connectivity index (χ4n) is 1.38. The zero-order valence-electron chi connectivity index (χ0n) is 9.21. The molecule has 2 rings (SSSR count). The Morgan fingerprint density at radius 3 is 2.59 bits per heavy atom. The Morgan fingerprint density at radius 1 is 1.06 bits per heavy atom. The molecule has 0 aliphatic carbocycles. The van der Waals surface area contributed by atoms with E-state index in [0.29, 0.717) is 17.6 Å². The van der Waals surface area contributed by atoms with Crippen molar-refractivity contribution in [2.45, 2.75) is 12.8 Å². The van der Waals surface area contributed by atoms with Crippen LogP contribution in [-0.4, -0.2) is 21.8 Å². The smallest absolute Gasteiger partial charge is 0.233 e. The molecule has 0 amide bonds. The van der Waals surface area contributed by atoms with E-state index in [0.717, 1.165) is 12.8 Å². The topological polar surface area (TPSA) is 47.9 Å². The van der Waals surface area contributed by atoms with Crippen molar-refractivity contribution in [1.29, 1.82) is 0 Å². The van der Waals surface area contributed by atoms with Gasteiger partial charge in [-0.25, -0.2) is 0 Å². The molecular weight excluding hydrogens is 238 g/mol. The highest BCUT2D eigenvalue weighted by atomic mass is 35.5. The summed E-state index contributed by atoms with van der Waals surface area (Å²) in [5.74, 6) is 0.504. The largest absolute Gasteiger partial charge is 0.477 e. The van der Waals surface area contributed by atoms with Gasteiger partial charge in [0.25, 0.3) is 0 Å². The van der Waals surface area contributed by atoms with Crippen LogP contribution in [0.5, 0.6) is 5.88 Å². The van der Waals surface area contributed by atoms with Gasteiger partial charge < -0.3 is 4.74 Å². The van der Waals surface area contributed by atoms with Gasteiger partial charge in [-0.2, -0.15) is 0 Å². The minimum absolute atomic E-state index is 0.370. The molecule has 0 spiro atoms. The number of hydrogen-bond acceptors (Lipinski definition) is 4. The van der Waals surface area contributed by atoms with Crippen molar-refractivity contribution in [2.75, 3.05) is 6.61 Å². The number of hydrogen-bond donors (Lipinski definition) is 0. The van der Waals surface area contributed by atoms with E-state index < -0.39 is 0 Å². The molecule has 0 aliphatic rings. The Hall–Kier alpha value is -1.68. The van der Waals surface area contributed by atoms with E-state index in [-0.39, 0.29) is 0 Å². The third-order valence-corrected chi connectivity index (χ3v) is 2.42. The summed E-state index contributed by atoms with van der Waals surface area (Å²) in [7, 11) is 0. The van der Waals surface area contributed by atoms with Crippen molar-refractivity contribution in [3.63, 3.8) is 0 Å². The van der Waals surface area contributed by atoms with E-state index in [1.807, 2.05) is 12.1 Å². The zero-order chi connectivity index (χ0) is 11.9. The minimum atomic E-state index is 0.370. The van der Waals surface area contributed by atoms with Crippen LogP contribution >= 0.6 is 11.6 Å². The summed E-state index contributed by atoms with van der Waals surface area (Å²) in [5, 5.41) is 7.88. The van der Waals surface area contributed by atoms with Crippen LogP contribution < -0.4 is 4.74 Å². The molecule has 2 aromatic heterocycles. The van der Waals surface area contributed by atoms with E-state index in [9.17, 15) is 0 Å². The molecule has 0 aliphatic heterocycles. The molecule has 0 unspecified atom stereocenters. The van der Waals surface area contributed by atoms with Crippen molar-refractivity contribution in [2.24, 2.45) is 0 Å². The number of nitrogens with zero attached hydrogens (tertiary/aromatic N) is 3. The SMILES string of the molecule is Clc1ccc(OCCCc2ccncc2)nn1. The van der Waals surface area contributed by atoms with Crippen LogP contribution in [0, 0.1) is 0 Å². The second kappa shape index (κ2) is 6.15. The molecule has 0 N–H and O–H groups in total. The number of ether oxygens (including phenoxy) is 1.